The molecule has 0 spiro atoms. The average molecular weight is 1500 g/mol. The number of oxime groups is 1. The molecular formula is C68H67Cl2F3N6O21S2. The van der Waals surface area contributed by atoms with Crippen LogP contribution < -0.4 is 37.9 Å². The number of esters is 2. The summed E-state index contributed by atoms with van der Waals surface area (Å²) in [7, 11) is -5.67. The van der Waals surface area contributed by atoms with Crippen LogP contribution in [0.2, 0.25) is 10.0 Å². The summed E-state index contributed by atoms with van der Waals surface area (Å²) in [5.74, 6) is -3.23. The summed E-state index contributed by atoms with van der Waals surface area (Å²) in [6.07, 6.45) is -3.61. The Morgan fingerprint density at radius 2 is 1.31 bits per heavy atom. The van der Waals surface area contributed by atoms with Crippen LogP contribution in [-0.2, 0) is 70.6 Å². The minimum atomic E-state index is -4.65. The maximum Gasteiger partial charge on any atom is 0.411 e. The smallest absolute Gasteiger partial charge is 0.411 e. The average Bonchev–Trinajstić information content (AvgIpc) is 1.39. The molecule has 27 nitrogen and oxygen atoms in total. The maximum absolute atomic E-state index is 12.7. The van der Waals surface area contributed by atoms with E-state index in [0.29, 0.717) is 66.0 Å². The number of halogens is 5. The van der Waals surface area contributed by atoms with E-state index in [9.17, 15) is 58.8 Å². The van der Waals surface area contributed by atoms with Gasteiger partial charge in [0.25, 0.3) is 0 Å². The summed E-state index contributed by atoms with van der Waals surface area (Å²) in [5.41, 5.74) is 2.02. The van der Waals surface area contributed by atoms with Crippen LogP contribution in [0, 0.1) is 5.92 Å². The zero-order valence-electron chi connectivity index (χ0n) is 55.4. The molecule has 2 aliphatic rings. The number of amides is 2. The lowest BCUT2D eigenvalue weighted by Crippen LogP contribution is -2.37. The Hall–Kier alpha value is -10.4. The molecule has 102 heavy (non-hydrogen) atoms. The van der Waals surface area contributed by atoms with Crippen molar-refractivity contribution in [2.45, 2.75) is 82.8 Å². The van der Waals surface area contributed by atoms with Crippen molar-refractivity contribution in [1.82, 2.24) is 19.7 Å². The van der Waals surface area contributed by atoms with Gasteiger partial charge in [-0.25, -0.2) is 27.5 Å². The number of fused-ring (bicyclic) bond motifs is 1. The number of nitrogens with zero attached hydrogens (tertiary/aromatic N) is 4. The van der Waals surface area contributed by atoms with Crippen LogP contribution >= 0.6 is 23.2 Å². The Kier molecular flexibility index (Phi) is 28.1. The van der Waals surface area contributed by atoms with E-state index >= 15 is 0 Å². The van der Waals surface area contributed by atoms with E-state index in [-0.39, 0.29) is 59.3 Å². The van der Waals surface area contributed by atoms with Gasteiger partial charge in [0.1, 0.15) is 29.5 Å². The van der Waals surface area contributed by atoms with Gasteiger partial charge in [-0.15, -0.1) is 0 Å². The number of oxazole rings is 1. The fourth-order valence-electron chi connectivity index (χ4n) is 9.51. The summed E-state index contributed by atoms with van der Waals surface area (Å²) in [6.45, 7) is 5.36. The number of carbonyl (C=O) groups is 6. The Morgan fingerprint density at radius 3 is 1.88 bits per heavy atom. The Morgan fingerprint density at radius 1 is 0.725 bits per heavy atom. The van der Waals surface area contributed by atoms with Gasteiger partial charge >= 0.3 is 40.5 Å². The van der Waals surface area contributed by atoms with Gasteiger partial charge in [-0.3, -0.25) is 19.7 Å². The zero-order chi connectivity index (χ0) is 74.4. The van der Waals surface area contributed by atoms with Crippen molar-refractivity contribution in [2.24, 2.45) is 11.1 Å². The van der Waals surface area contributed by atoms with E-state index in [2.05, 4.69) is 30.2 Å². The first kappa shape index (κ1) is 78.9. The van der Waals surface area contributed by atoms with E-state index in [0.717, 1.165) is 29.5 Å². The molecule has 6 aromatic carbocycles. The SMILES string of the molecule is CCOC(=O)C(C)Oc1ccc(Oc2nc3ccc(Cl)cc3o2)cc1.CCOC(=O)C1=NOC(c2ccccc2)(c2ccccc2)C1.CCOc1ccccc1OS(=O)(=O)NC(=O)Nc1nc(OC)cc(OC)n1.CS(=O)(=O)c1ccc(C(=O)C2C(=O)CCCC2=O)c(Cl)c1COCC(F)(F)F. The first-order chi connectivity index (χ1) is 48.5. The van der Waals surface area contributed by atoms with Gasteiger partial charge in [0, 0.05) is 52.4 Å². The van der Waals surface area contributed by atoms with Gasteiger partial charge in [0.05, 0.1) is 63.1 Å². The second-order valence-corrected chi connectivity index (χ2v) is 25.5. The number of carbonyl (C=O) groups excluding carboxylic acids is 6. The number of para-hydroxylation sites is 2. The highest BCUT2D eigenvalue weighted by Gasteiger charge is 2.45. The highest BCUT2D eigenvalue weighted by Crippen LogP contribution is 2.42. The molecule has 1 unspecified atom stereocenters. The largest absolute Gasteiger partial charge is 0.490 e. The highest BCUT2D eigenvalue weighted by molar-refractivity contribution is 7.90. The van der Waals surface area contributed by atoms with Crippen molar-refractivity contribution >= 4 is 101 Å². The molecule has 1 fully saturated rings. The van der Waals surface area contributed by atoms with Gasteiger partial charge in [-0.1, -0.05) is 101 Å². The minimum Gasteiger partial charge on any atom is -0.490 e. The Bertz CT molecular complexity index is 4460. The molecule has 10 rings (SSSR count). The molecule has 3 heterocycles. The molecule has 1 atom stereocenters. The summed E-state index contributed by atoms with van der Waals surface area (Å²) in [6, 6.07) is 39.9. The van der Waals surface area contributed by atoms with Crippen LogP contribution in [0.4, 0.5) is 23.9 Å². The first-order valence-corrected chi connectivity index (χ1v) is 34.7. The number of rotatable bonds is 24. The number of aromatic nitrogens is 3. The topological polar surface area (TPSA) is 351 Å². The van der Waals surface area contributed by atoms with Gasteiger partial charge in [0.15, 0.2) is 61.7 Å². The maximum atomic E-state index is 12.7. The van der Waals surface area contributed by atoms with E-state index in [1.165, 1.54) is 32.4 Å². The van der Waals surface area contributed by atoms with E-state index < -0.39 is 102 Å². The first-order valence-electron chi connectivity index (χ1n) is 30.7. The molecule has 0 radical (unpaired) electrons. The third kappa shape index (κ3) is 22.3. The molecule has 0 saturated heterocycles. The number of ether oxygens (including phenoxy) is 8. The number of urea groups is 1. The molecule has 0 bridgehead atoms. The summed E-state index contributed by atoms with van der Waals surface area (Å²) < 4.78 is 138. The number of sulfone groups is 1. The third-order valence-corrected chi connectivity index (χ3v) is 16.7. The normalized spacial score (nSPS) is 13.7. The second kappa shape index (κ2) is 36.3. The molecule has 1 aliphatic carbocycles. The summed E-state index contributed by atoms with van der Waals surface area (Å²) >= 11 is 12.0. The lowest BCUT2D eigenvalue weighted by atomic mass is 9.81. The van der Waals surface area contributed by atoms with Crippen molar-refractivity contribution in [3.63, 3.8) is 0 Å². The molecule has 2 N–H and O–H groups in total. The predicted octanol–water partition coefficient (Wildman–Crippen LogP) is 12.2. The number of benzene rings is 6. The van der Waals surface area contributed by atoms with Gasteiger partial charge in [-0.05, 0) is 94.8 Å². The van der Waals surface area contributed by atoms with Gasteiger partial charge < -0.3 is 51.3 Å². The standard InChI is InChI=1S/C18H16ClNO5.C18H17NO3.C17H16ClF3O6S.C15H18N4O7S/c1-3-22-17(21)11(2)23-13-5-7-14(8-6-13)24-18-20-15-9-4-12(19)10-16(15)25-18;1-2-21-17(20)16-13-18(22-19-16,14-9-5-3-6-10-14)15-11-7-4-8-12-15;1-28(25,26)13-6-5-9(15(18)10(13)7-27-8-17(19,20)21)16(24)14-11(22)3-2-4-12(14)23;1-4-25-10-7-5-6-8-11(10)26-27(21,22)19-15(20)18-14-16-12(23-2)9-13(17-14)24-3/h4-11H,3H2,1-2H3;3-12H,2,13H2,1H3;5-6,14H,2-4,7-8H2,1H3;5-9H,4H2,1-3H3,(H2,16,17,18,19,20). The number of nitrogens with one attached hydrogen (secondary N) is 2. The molecule has 34 heteroatoms. The molecule has 2 amide bonds. The van der Waals surface area contributed by atoms with E-state index in [1.54, 1.807) is 87.0 Å². The van der Waals surface area contributed by atoms with Crippen LogP contribution in [0.15, 0.2) is 160 Å². The third-order valence-electron chi connectivity index (χ3n) is 14.0. The number of hydrogen-bond donors (Lipinski definition) is 2. The van der Waals surface area contributed by atoms with E-state index in [4.69, 9.17) is 69.8 Å². The molecular weight excluding hydrogens is 1430 g/mol. The number of methoxy groups -OCH3 is 2. The molecule has 542 valence electrons. The van der Waals surface area contributed by atoms with Crippen molar-refractivity contribution in [2.75, 3.05) is 52.2 Å². The van der Waals surface area contributed by atoms with Crippen molar-refractivity contribution in [3.05, 3.63) is 178 Å². The van der Waals surface area contributed by atoms with Crippen LogP contribution in [0.25, 0.3) is 11.1 Å². The highest BCUT2D eigenvalue weighted by atomic mass is 35.5. The fourth-order valence-corrected chi connectivity index (χ4v) is 11.7. The monoisotopic (exact) mass is 1490 g/mol. The quantitative estimate of drug-likeness (QED) is 0.0322. The second-order valence-electron chi connectivity index (χ2n) is 21.4. The van der Waals surface area contributed by atoms with Crippen LogP contribution in [0.5, 0.6) is 40.8 Å². The van der Waals surface area contributed by atoms with Crippen molar-refractivity contribution in [1.29, 1.82) is 0 Å². The number of Topliss-reactive ketones (excluding diaryl/α,β-unsaturated/α-hetero) is 3. The fraction of sp³-hybridized carbons (Fsp3) is 0.294. The van der Waals surface area contributed by atoms with Crippen molar-refractivity contribution < 1.29 is 110 Å². The zero-order valence-corrected chi connectivity index (χ0v) is 58.6. The Balaban J connectivity index is 0.000000191. The van der Waals surface area contributed by atoms with Crippen molar-refractivity contribution in [3.8, 4) is 40.8 Å². The molecule has 1 saturated carbocycles. The number of alkyl halides is 3. The van der Waals surface area contributed by atoms with Gasteiger partial charge in [-0.2, -0.15) is 36.5 Å². The predicted molar refractivity (Wildman–Crippen MR) is 362 cm³/mol. The van der Waals surface area contributed by atoms with Crippen LogP contribution in [-0.4, -0.2) is 132 Å². The minimum absolute atomic E-state index is 0.0444. The lowest BCUT2D eigenvalue weighted by Gasteiger charge is -2.27. The number of hydrogen-bond acceptors (Lipinski definition) is 25. The lowest BCUT2D eigenvalue weighted by molar-refractivity contribution is -0.176. The number of ketones is 3. The van der Waals surface area contributed by atoms with Crippen LogP contribution in [0.3, 0.4) is 0 Å². The van der Waals surface area contributed by atoms with E-state index in [1.807, 2.05) is 60.7 Å². The molecule has 8 aromatic rings. The molecule has 1 aliphatic heterocycles. The molecule has 2 aromatic heterocycles. The summed E-state index contributed by atoms with van der Waals surface area (Å²) in [5, 5.41) is 6.26. The summed E-state index contributed by atoms with van der Waals surface area (Å²) in [4.78, 5) is 89.5. The van der Waals surface area contributed by atoms with Crippen LogP contribution in [0.1, 0.15) is 80.4 Å². The van der Waals surface area contributed by atoms with Gasteiger partial charge in [0.2, 0.25) is 17.7 Å². The Labute approximate surface area is 593 Å². The number of anilines is 1.